The van der Waals surface area contributed by atoms with Gasteiger partial charge >= 0.3 is 0 Å². The first-order valence-corrected chi connectivity index (χ1v) is 11.1. The lowest BCUT2D eigenvalue weighted by molar-refractivity contribution is 0.303. The van der Waals surface area contributed by atoms with Gasteiger partial charge in [-0.1, -0.05) is 57.9 Å². The Hall–Kier alpha value is -2.95. The Kier molecular flexibility index (Phi) is 7.13. The second kappa shape index (κ2) is 10.4. The summed E-state index contributed by atoms with van der Waals surface area (Å²) in [7, 11) is 0. The molecule has 3 nitrogen and oxygen atoms in total. The van der Waals surface area contributed by atoms with E-state index in [2.05, 4.69) is 27.3 Å². The largest absolute Gasteiger partial charge is 0.489 e. The van der Waals surface area contributed by atoms with Gasteiger partial charge in [-0.15, -0.1) is 0 Å². The number of hydrogen-bond acceptors (Lipinski definition) is 3. The summed E-state index contributed by atoms with van der Waals surface area (Å²) < 4.78 is 12.9. The summed E-state index contributed by atoms with van der Waals surface area (Å²) in [5.41, 5.74) is 3.14. The lowest BCUT2D eigenvalue weighted by atomic mass is 10.2. The maximum atomic E-state index is 6.07. The number of halogens is 2. The third-order valence-corrected chi connectivity index (χ3v) is 5.39. The van der Waals surface area contributed by atoms with E-state index in [0.717, 1.165) is 43.6 Å². The molecular weight excluding hydrogens is 474 g/mol. The van der Waals surface area contributed by atoms with Gasteiger partial charge in [-0.25, -0.2) is 0 Å². The van der Waals surface area contributed by atoms with E-state index in [4.69, 9.17) is 21.1 Å². The molecule has 0 bridgehead atoms. The summed E-state index contributed by atoms with van der Waals surface area (Å²) in [5, 5.41) is 4.17. The quantitative estimate of drug-likeness (QED) is 0.268. The average molecular weight is 495 g/mol. The molecule has 0 saturated carbocycles. The second-order valence-corrected chi connectivity index (χ2v) is 8.31. The molecule has 0 amide bonds. The van der Waals surface area contributed by atoms with Crippen molar-refractivity contribution < 1.29 is 9.47 Å². The van der Waals surface area contributed by atoms with Crippen LogP contribution >= 0.6 is 27.5 Å². The molecule has 0 spiro atoms. The highest BCUT2D eigenvalue weighted by Gasteiger charge is 2.06. The monoisotopic (exact) mass is 493 g/mol. The molecule has 156 valence electrons. The fourth-order valence-electron chi connectivity index (χ4n) is 3.03. The van der Waals surface area contributed by atoms with Gasteiger partial charge in [-0.3, -0.25) is 0 Å². The Labute approximate surface area is 195 Å². The van der Waals surface area contributed by atoms with Crippen LogP contribution in [-0.2, 0) is 13.2 Å². The number of benzene rings is 4. The van der Waals surface area contributed by atoms with Gasteiger partial charge in [-0.05, 0) is 72.3 Å². The van der Waals surface area contributed by atoms with E-state index < -0.39 is 0 Å². The van der Waals surface area contributed by atoms with Gasteiger partial charge in [0.05, 0.1) is 0 Å². The number of ether oxygens (including phenoxy) is 2. The van der Waals surface area contributed by atoms with Crippen LogP contribution < -0.4 is 14.8 Å². The van der Waals surface area contributed by atoms with Crippen LogP contribution in [0.2, 0.25) is 5.02 Å². The highest BCUT2D eigenvalue weighted by molar-refractivity contribution is 9.10. The van der Waals surface area contributed by atoms with E-state index >= 15 is 0 Å². The number of para-hydroxylation sites is 1. The normalized spacial score (nSPS) is 10.5. The molecule has 0 radical (unpaired) electrons. The molecule has 1 N–H and O–H groups in total. The molecule has 31 heavy (non-hydrogen) atoms. The minimum atomic E-state index is 0.483. The summed E-state index contributed by atoms with van der Waals surface area (Å²) in [6.07, 6.45) is 0. The molecule has 4 aromatic rings. The Morgan fingerprint density at radius 3 is 2.23 bits per heavy atom. The van der Waals surface area contributed by atoms with Crippen LogP contribution in [0.4, 0.5) is 5.69 Å². The predicted molar refractivity (Wildman–Crippen MR) is 130 cm³/mol. The molecule has 0 heterocycles. The van der Waals surface area contributed by atoms with Gasteiger partial charge in [0.15, 0.2) is 0 Å². The van der Waals surface area contributed by atoms with Crippen LogP contribution in [0.3, 0.4) is 0 Å². The maximum Gasteiger partial charge on any atom is 0.127 e. The van der Waals surface area contributed by atoms with Crippen molar-refractivity contribution in [2.24, 2.45) is 0 Å². The fourth-order valence-corrected chi connectivity index (χ4v) is 3.57. The van der Waals surface area contributed by atoms with Gasteiger partial charge in [0, 0.05) is 27.3 Å². The molecule has 0 saturated heterocycles. The predicted octanol–water partition coefficient (Wildman–Crippen LogP) is 8.09. The van der Waals surface area contributed by atoms with Gasteiger partial charge < -0.3 is 14.8 Å². The van der Waals surface area contributed by atoms with Crippen LogP contribution in [0, 0.1) is 0 Å². The molecule has 0 unspecified atom stereocenters. The highest BCUT2D eigenvalue weighted by Crippen LogP contribution is 2.27. The molecule has 0 atom stereocenters. The fraction of sp³-hybridized carbons (Fsp3) is 0.0769. The minimum absolute atomic E-state index is 0.483. The first kappa shape index (κ1) is 21.3. The molecular formula is C26H21BrClNO2. The van der Waals surface area contributed by atoms with E-state index in [1.54, 1.807) is 0 Å². The highest BCUT2D eigenvalue weighted by atomic mass is 79.9. The first-order valence-electron chi connectivity index (χ1n) is 9.88. The minimum Gasteiger partial charge on any atom is -0.489 e. The number of anilines is 1. The molecule has 0 aromatic heterocycles. The number of hydrogen-bond donors (Lipinski definition) is 1. The van der Waals surface area contributed by atoms with Crippen LogP contribution in [-0.4, -0.2) is 0 Å². The molecule has 5 heteroatoms. The Bertz CT molecular complexity index is 1120. The zero-order valence-electron chi connectivity index (χ0n) is 16.7. The van der Waals surface area contributed by atoms with Gasteiger partial charge in [0.25, 0.3) is 0 Å². The summed E-state index contributed by atoms with van der Waals surface area (Å²) in [6, 6.07) is 31.4. The number of nitrogens with one attached hydrogen (secondary N) is 1. The van der Waals surface area contributed by atoms with E-state index in [1.807, 2.05) is 91.0 Å². The van der Waals surface area contributed by atoms with Crippen LogP contribution in [0.25, 0.3) is 0 Å². The van der Waals surface area contributed by atoms with Crippen molar-refractivity contribution in [1.82, 2.24) is 0 Å². The molecule has 4 rings (SSSR count). The van der Waals surface area contributed by atoms with E-state index in [-0.39, 0.29) is 0 Å². The zero-order chi connectivity index (χ0) is 21.5. The van der Waals surface area contributed by atoms with Crippen molar-refractivity contribution in [3.05, 3.63) is 118 Å². The molecule has 0 fully saturated rings. The van der Waals surface area contributed by atoms with Crippen molar-refractivity contribution in [2.45, 2.75) is 13.2 Å². The SMILES string of the molecule is Clc1ccc(COc2ccc(Br)cc2CNc2ccc(Oc3ccccc3)cc2)cc1. The van der Waals surface area contributed by atoms with Crippen molar-refractivity contribution in [1.29, 1.82) is 0 Å². The molecule has 4 aromatic carbocycles. The van der Waals surface area contributed by atoms with Gasteiger partial charge in [0.1, 0.15) is 23.9 Å². The van der Waals surface area contributed by atoms with E-state index in [9.17, 15) is 0 Å². The van der Waals surface area contributed by atoms with Crippen LogP contribution in [0.15, 0.2) is 102 Å². The van der Waals surface area contributed by atoms with E-state index in [0.29, 0.717) is 13.2 Å². The Morgan fingerprint density at radius 1 is 0.774 bits per heavy atom. The first-order chi connectivity index (χ1) is 15.2. The Morgan fingerprint density at radius 2 is 1.48 bits per heavy atom. The molecule has 0 aliphatic heterocycles. The molecule has 0 aliphatic carbocycles. The summed E-state index contributed by atoms with van der Waals surface area (Å²) in [5.74, 6) is 2.46. The van der Waals surface area contributed by atoms with Crippen molar-refractivity contribution in [3.63, 3.8) is 0 Å². The maximum absolute atomic E-state index is 6.07. The summed E-state index contributed by atoms with van der Waals surface area (Å²) in [4.78, 5) is 0. The van der Waals surface area contributed by atoms with Crippen molar-refractivity contribution >= 4 is 33.2 Å². The lowest BCUT2D eigenvalue weighted by Crippen LogP contribution is -2.04. The third-order valence-electron chi connectivity index (χ3n) is 4.65. The van der Waals surface area contributed by atoms with Crippen LogP contribution in [0.1, 0.15) is 11.1 Å². The zero-order valence-corrected chi connectivity index (χ0v) is 19.1. The molecule has 0 aliphatic rings. The topological polar surface area (TPSA) is 30.5 Å². The summed E-state index contributed by atoms with van der Waals surface area (Å²) in [6.45, 7) is 1.12. The third kappa shape index (κ3) is 6.27. The lowest BCUT2D eigenvalue weighted by Gasteiger charge is -2.14. The second-order valence-electron chi connectivity index (χ2n) is 6.96. The number of rotatable bonds is 8. The standard InChI is InChI=1S/C26H21BrClNO2/c27-21-8-15-26(30-18-19-6-9-22(28)10-7-19)20(16-21)17-29-23-11-13-25(14-12-23)31-24-4-2-1-3-5-24/h1-16,29H,17-18H2. The van der Waals surface area contributed by atoms with Crippen molar-refractivity contribution in [3.8, 4) is 17.2 Å². The Balaban J connectivity index is 1.38. The van der Waals surface area contributed by atoms with Crippen LogP contribution in [0.5, 0.6) is 17.2 Å². The van der Waals surface area contributed by atoms with Gasteiger partial charge in [0.2, 0.25) is 0 Å². The summed E-state index contributed by atoms with van der Waals surface area (Å²) >= 11 is 9.51. The smallest absolute Gasteiger partial charge is 0.127 e. The van der Waals surface area contributed by atoms with Crippen molar-refractivity contribution in [2.75, 3.05) is 5.32 Å². The average Bonchev–Trinajstić information content (AvgIpc) is 2.80. The van der Waals surface area contributed by atoms with Gasteiger partial charge in [-0.2, -0.15) is 0 Å². The van der Waals surface area contributed by atoms with E-state index in [1.165, 1.54) is 0 Å².